The first-order valence-electron chi connectivity index (χ1n) is 6.59. The second-order valence-electron chi connectivity index (χ2n) is 6.70. The molecule has 0 spiro atoms. The molecule has 0 saturated heterocycles. The first kappa shape index (κ1) is 16.4. The Morgan fingerprint density at radius 1 is 1.06 bits per heavy atom. The van der Waals surface area contributed by atoms with Gasteiger partial charge in [-0.15, -0.1) is 0 Å². The Bertz CT molecular complexity index is 244. The van der Waals surface area contributed by atoms with Gasteiger partial charge in [-0.2, -0.15) is 0 Å². The molecule has 0 fully saturated rings. The third kappa shape index (κ3) is 5.53. The standard InChI is InChI=1S/C14H30N2O/c1-9-16(10-2)12(17)11(13(3,4)5)15-14(6,7)8/h11,15H,9-10H2,1-8H3. The maximum absolute atomic E-state index is 12.5. The molecule has 1 unspecified atom stereocenters. The molecule has 0 aliphatic carbocycles. The van der Waals surface area contributed by atoms with Crippen LogP contribution in [0.25, 0.3) is 0 Å². The SMILES string of the molecule is CCN(CC)C(=O)C(NC(C)(C)C)C(C)(C)C. The van der Waals surface area contributed by atoms with Crippen LogP contribution in [0.3, 0.4) is 0 Å². The normalized spacial score (nSPS) is 14.6. The highest BCUT2D eigenvalue weighted by Gasteiger charge is 2.35. The molecule has 0 aromatic carbocycles. The van der Waals surface area contributed by atoms with E-state index in [2.05, 4.69) is 46.9 Å². The quantitative estimate of drug-likeness (QED) is 0.822. The maximum atomic E-state index is 12.5. The third-order valence-corrected chi connectivity index (χ3v) is 2.77. The Morgan fingerprint density at radius 3 is 1.71 bits per heavy atom. The lowest BCUT2D eigenvalue weighted by Gasteiger charge is -2.38. The molecule has 0 aromatic rings. The van der Waals surface area contributed by atoms with E-state index >= 15 is 0 Å². The van der Waals surface area contributed by atoms with E-state index in [0.717, 1.165) is 13.1 Å². The molecule has 0 rings (SSSR count). The van der Waals surface area contributed by atoms with Crippen molar-refractivity contribution in [2.45, 2.75) is 67.0 Å². The molecule has 0 bridgehead atoms. The summed E-state index contributed by atoms with van der Waals surface area (Å²) in [6.07, 6.45) is 0. The van der Waals surface area contributed by atoms with Crippen molar-refractivity contribution in [2.75, 3.05) is 13.1 Å². The molecule has 1 amide bonds. The van der Waals surface area contributed by atoms with Crippen LogP contribution in [0.4, 0.5) is 0 Å². The number of rotatable bonds is 4. The summed E-state index contributed by atoms with van der Waals surface area (Å²) >= 11 is 0. The van der Waals surface area contributed by atoms with Crippen molar-refractivity contribution in [3.8, 4) is 0 Å². The van der Waals surface area contributed by atoms with Gasteiger partial charge in [0.05, 0.1) is 6.04 Å². The monoisotopic (exact) mass is 242 g/mol. The lowest BCUT2D eigenvalue weighted by atomic mass is 9.84. The van der Waals surface area contributed by atoms with Crippen LogP contribution in [-0.2, 0) is 4.79 Å². The second-order valence-corrected chi connectivity index (χ2v) is 6.70. The van der Waals surface area contributed by atoms with Crippen LogP contribution >= 0.6 is 0 Å². The molecule has 0 aliphatic heterocycles. The van der Waals surface area contributed by atoms with Gasteiger partial charge in [-0.25, -0.2) is 0 Å². The van der Waals surface area contributed by atoms with Crippen molar-refractivity contribution in [3.63, 3.8) is 0 Å². The molecule has 0 saturated carbocycles. The largest absolute Gasteiger partial charge is 0.342 e. The molecule has 17 heavy (non-hydrogen) atoms. The van der Waals surface area contributed by atoms with Gasteiger partial charge in [-0.05, 0) is 40.0 Å². The Hall–Kier alpha value is -0.570. The fourth-order valence-electron chi connectivity index (χ4n) is 1.80. The highest BCUT2D eigenvalue weighted by atomic mass is 16.2. The van der Waals surface area contributed by atoms with Crippen LogP contribution < -0.4 is 5.32 Å². The number of likely N-dealkylation sites (N-methyl/N-ethyl adjacent to an activating group) is 1. The van der Waals surface area contributed by atoms with Gasteiger partial charge in [0.25, 0.3) is 0 Å². The zero-order valence-electron chi connectivity index (χ0n) is 12.8. The summed E-state index contributed by atoms with van der Waals surface area (Å²) in [5.74, 6) is 0.206. The maximum Gasteiger partial charge on any atom is 0.240 e. The number of amides is 1. The number of carbonyl (C=O) groups is 1. The van der Waals surface area contributed by atoms with Gasteiger partial charge >= 0.3 is 0 Å². The van der Waals surface area contributed by atoms with Gasteiger partial charge in [0.1, 0.15) is 0 Å². The Kier molecular flexibility index (Phi) is 5.66. The smallest absolute Gasteiger partial charge is 0.240 e. The summed E-state index contributed by atoms with van der Waals surface area (Å²) in [6, 6.07) is -0.137. The molecule has 102 valence electrons. The minimum absolute atomic E-state index is 0.0548. The van der Waals surface area contributed by atoms with Gasteiger partial charge in [0.2, 0.25) is 5.91 Å². The van der Waals surface area contributed by atoms with Crippen molar-refractivity contribution in [3.05, 3.63) is 0 Å². The average molecular weight is 242 g/mol. The van der Waals surface area contributed by atoms with Crippen LogP contribution in [0.15, 0.2) is 0 Å². The molecule has 0 aliphatic rings. The topological polar surface area (TPSA) is 32.3 Å². The number of nitrogens with one attached hydrogen (secondary N) is 1. The number of hydrogen-bond acceptors (Lipinski definition) is 2. The van der Waals surface area contributed by atoms with Gasteiger partial charge in [-0.1, -0.05) is 20.8 Å². The number of carbonyl (C=O) groups excluding carboxylic acids is 1. The second kappa shape index (κ2) is 5.85. The highest BCUT2D eigenvalue weighted by molar-refractivity contribution is 5.82. The number of hydrogen-bond donors (Lipinski definition) is 1. The molecule has 3 nitrogen and oxygen atoms in total. The van der Waals surface area contributed by atoms with E-state index in [9.17, 15) is 4.79 Å². The minimum Gasteiger partial charge on any atom is -0.342 e. The summed E-state index contributed by atoms with van der Waals surface area (Å²) < 4.78 is 0. The van der Waals surface area contributed by atoms with E-state index < -0.39 is 0 Å². The van der Waals surface area contributed by atoms with Crippen LogP contribution in [0, 0.1) is 5.41 Å². The van der Waals surface area contributed by atoms with Crippen LogP contribution in [0.1, 0.15) is 55.4 Å². The lowest BCUT2D eigenvalue weighted by Crippen LogP contribution is -2.58. The van der Waals surface area contributed by atoms with Gasteiger partial charge in [-0.3, -0.25) is 4.79 Å². The number of nitrogens with zero attached hydrogens (tertiary/aromatic N) is 1. The van der Waals surface area contributed by atoms with Crippen molar-refractivity contribution < 1.29 is 4.79 Å². The molecule has 1 N–H and O–H groups in total. The van der Waals surface area contributed by atoms with E-state index in [1.165, 1.54) is 0 Å². The zero-order valence-corrected chi connectivity index (χ0v) is 12.8. The van der Waals surface area contributed by atoms with E-state index in [0.29, 0.717) is 0 Å². The van der Waals surface area contributed by atoms with Gasteiger partial charge in [0, 0.05) is 18.6 Å². The summed E-state index contributed by atoms with van der Waals surface area (Å²) in [5.41, 5.74) is -0.131. The average Bonchev–Trinajstić information content (AvgIpc) is 2.13. The molecular formula is C14H30N2O. The lowest BCUT2D eigenvalue weighted by molar-refractivity contribution is -0.136. The van der Waals surface area contributed by atoms with E-state index in [1.807, 2.05) is 18.7 Å². The Morgan fingerprint density at radius 2 is 1.47 bits per heavy atom. The predicted molar refractivity (Wildman–Crippen MR) is 74.1 cm³/mol. The van der Waals surface area contributed by atoms with Crippen LogP contribution in [0.2, 0.25) is 0 Å². The molecule has 0 aromatic heterocycles. The van der Waals surface area contributed by atoms with Gasteiger partial charge < -0.3 is 10.2 Å². The van der Waals surface area contributed by atoms with E-state index in [4.69, 9.17) is 0 Å². The van der Waals surface area contributed by atoms with Gasteiger partial charge in [0.15, 0.2) is 0 Å². The van der Waals surface area contributed by atoms with E-state index in [1.54, 1.807) is 0 Å². The first-order valence-corrected chi connectivity index (χ1v) is 6.59. The first-order chi connectivity index (χ1) is 7.53. The summed E-state index contributed by atoms with van der Waals surface area (Å²) in [6.45, 7) is 18.2. The summed E-state index contributed by atoms with van der Waals surface area (Å²) in [4.78, 5) is 14.4. The van der Waals surface area contributed by atoms with Crippen molar-refractivity contribution in [1.29, 1.82) is 0 Å². The predicted octanol–water partition coefficient (Wildman–Crippen LogP) is 2.66. The summed E-state index contributed by atoms with van der Waals surface area (Å²) in [5, 5.41) is 3.45. The van der Waals surface area contributed by atoms with Crippen LogP contribution in [0.5, 0.6) is 0 Å². The van der Waals surface area contributed by atoms with Crippen molar-refractivity contribution in [2.24, 2.45) is 5.41 Å². The molecular weight excluding hydrogens is 212 g/mol. The zero-order chi connectivity index (χ0) is 13.9. The Labute approximate surface area is 107 Å². The summed E-state index contributed by atoms with van der Waals surface area (Å²) in [7, 11) is 0. The van der Waals surface area contributed by atoms with Crippen LogP contribution in [-0.4, -0.2) is 35.5 Å². The minimum atomic E-state index is -0.137. The van der Waals surface area contributed by atoms with E-state index in [-0.39, 0.29) is 22.9 Å². The highest BCUT2D eigenvalue weighted by Crippen LogP contribution is 2.23. The molecule has 0 radical (unpaired) electrons. The fourth-order valence-corrected chi connectivity index (χ4v) is 1.80. The Balaban J connectivity index is 5.00. The third-order valence-electron chi connectivity index (χ3n) is 2.77. The molecule has 0 heterocycles. The van der Waals surface area contributed by atoms with Crippen molar-refractivity contribution >= 4 is 5.91 Å². The van der Waals surface area contributed by atoms with Crippen molar-refractivity contribution in [1.82, 2.24) is 10.2 Å². The molecule has 1 atom stereocenters. The fraction of sp³-hybridized carbons (Fsp3) is 0.929. The molecule has 3 heteroatoms.